The number of carbonyl (C=O) groups excluding carboxylic acids is 4. The number of benzene rings is 2. The van der Waals surface area contributed by atoms with Crippen molar-refractivity contribution in [1.29, 1.82) is 0 Å². The number of halogens is 2. The summed E-state index contributed by atoms with van der Waals surface area (Å²) < 4.78 is 40.0. The van der Waals surface area contributed by atoms with Gasteiger partial charge in [0.15, 0.2) is 11.2 Å². The predicted molar refractivity (Wildman–Crippen MR) is 244 cm³/mol. The Labute approximate surface area is 376 Å². The topological polar surface area (TPSA) is 175 Å². The second-order valence-corrected chi connectivity index (χ2v) is 20.7. The average Bonchev–Trinajstić information content (AvgIpc) is 3.91. The molecule has 4 aromatic rings. The highest BCUT2D eigenvalue weighted by Gasteiger charge is 2.54. The summed E-state index contributed by atoms with van der Waals surface area (Å²) in [7, 11) is 5.98. The molecule has 0 aliphatic carbocycles. The molecule has 350 valence electrons. The lowest BCUT2D eigenvalue weighted by Crippen LogP contribution is -2.60. The van der Waals surface area contributed by atoms with Gasteiger partial charge in [-0.2, -0.15) is 0 Å². The standard InChI is InChI=1S/C48H68F2N8O6/c1-43(2,3)35(55-39(59)47(11,45(7,8)27-49)63-41(61)57(13)14)37-51-25-33(53-37)31-21-17-29(18-22-31)30-19-23-32(24-20-30)34-26-52-38(54-34)36(44(4,5)6)56-40(60)48(12,46(9,10)28-50)64-42(62)58(15)16/h17-26,35-36H,27-28H2,1-16H3,(H,51,53)(H,52,54)(H,55,59)(H,56,60)/t35-,36-,47+,48+/m1/s1. The molecule has 14 nitrogen and oxygen atoms in total. The number of aromatic amines is 2. The smallest absolute Gasteiger partial charge is 0.410 e. The van der Waals surface area contributed by atoms with Crippen LogP contribution in [-0.4, -0.2) is 106 Å². The largest absolute Gasteiger partial charge is 0.432 e. The van der Waals surface area contributed by atoms with Crippen molar-refractivity contribution in [3.05, 3.63) is 72.6 Å². The molecule has 2 heterocycles. The van der Waals surface area contributed by atoms with Gasteiger partial charge in [0.05, 0.1) is 49.2 Å². The van der Waals surface area contributed by atoms with Gasteiger partial charge in [0.1, 0.15) is 11.6 Å². The van der Waals surface area contributed by atoms with Crippen LogP contribution in [0.3, 0.4) is 0 Å². The number of nitrogens with zero attached hydrogens (tertiary/aromatic N) is 4. The molecular formula is C48H68F2N8O6. The lowest BCUT2D eigenvalue weighted by Gasteiger charge is -2.42. The van der Waals surface area contributed by atoms with E-state index in [1.165, 1.54) is 51.8 Å². The first-order valence-corrected chi connectivity index (χ1v) is 21.3. The first kappa shape index (κ1) is 50.8. The molecule has 0 radical (unpaired) electrons. The Morgan fingerprint density at radius 1 is 0.547 bits per heavy atom. The van der Waals surface area contributed by atoms with E-state index in [0.717, 1.165) is 33.6 Å². The number of rotatable bonds is 15. The first-order valence-electron chi connectivity index (χ1n) is 21.3. The minimum atomic E-state index is -1.84. The molecule has 2 aromatic heterocycles. The van der Waals surface area contributed by atoms with Gasteiger partial charge in [-0.3, -0.25) is 18.4 Å². The van der Waals surface area contributed by atoms with Gasteiger partial charge in [-0.25, -0.2) is 19.6 Å². The zero-order valence-electron chi connectivity index (χ0n) is 40.3. The number of aromatic nitrogens is 4. The van der Waals surface area contributed by atoms with E-state index >= 15 is 0 Å². The Balaban J connectivity index is 1.54. The van der Waals surface area contributed by atoms with E-state index in [1.54, 1.807) is 40.1 Å². The summed E-state index contributed by atoms with van der Waals surface area (Å²) in [5.41, 5.74) is -2.36. The van der Waals surface area contributed by atoms with Gasteiger partial charge < -0.3 is 39.9 Å². The first-order chi connectivity index (χ1) is 29.4. The van der Waals surface area contributed by atoms with E-state index in [0.29, 0.717) is 11.6 Å². The maximum atomic E-state index is 14.3. The summed E-state index contributed by atoms with van der Waals surface area (Å²) in [6, 6.07) is 14.5. The van der Waals surface area contributed by atoms with Crippen LogP contribution in [0.1, 0.15) is 107 Å². The average molecular weight is 891 g/mol. The monoisotopic (exact) mass is 891 g/mol. The van der Waals surface area contributed by atoms with Crippen LogP contribution in [0.5, 0.6) is 0 Å². The molecule has 4 amide bonds. The molecule has 4 rings (SSSR count). The molecule has 0 bridgehead atoms. The Morgan fingerprint density at radius 3 is 1.08 bits per heavy atom. The second kappa shape index (κ2) is 18.7. The van der Waals surface area contributed by atoms with E-state index in [1.807, 2.05) is 90.1 Å². The number of amides is 4. The maximum Gasteiger partial charge on any atom is 0.410 e. The van der Waals surface area contributed by atoms with Crippen molar-refractivity contribution in [2.24, 2.45) is 21.7 Å². The number of carbonyl (C=O) groups is 4. The highest BCUT2D eigenvalue weighted by Crippen LogP contribution is 2.41. The number of imidazole rings is 2. The molecule has 0 aliphatic heterocycles. The molecule has 16 heteroatoms. The van der Waals surface area contributed by atoms with E-state index in [-0.39, 0.29) is 0 Å². The summed E-state index contributed by atoms with van der Waals surface area (Å²) in [4.78, 5) is 71.6. The molecule has 4 N–H and O–H groups in total. The van der Waals surface area contributed by atoms with Crippen LogP contribution in [0, 0.1) is 21.7 Å². The molecule has 64 heavy (non-hydrogen) atoms. The fourth-order valence-corrected chi connectivity index (χ4v) is 6.64. The quantitative estimate of drug-likeness (QED) is 0.0913. The SMILES string of the molecule is CN(C)C(=O)O[C@@](C)(C(=O)N[C@H](c1ncc(-c2ccc(-c3ccc(-c4cnc([C@@H](NC(=O)[C@](C)(OC(=O)N(C)C)C(C)(C)CF)C(C)(C)C)[nH]4)cc3)cc2)[nH]1)C(C)(C)C)C(C)(C)CF. The molecule has 4 atom stereocenters. The van der Waals surface area contributed by atoms with Gasteiger partial charge in [0.2, 0.25) is 0 Å². The fraction of sp³-hybridized carbons (Fsp3) is 0.542. The van der Waals surface area contributed by atoms with Gasteiger partial charge in [-0.1, -0.05) is 118 Å². The second-order valence-electron chi connectivity index (χ2n) is 20.7. The Hall–Kier alpha value is -5.80. The third-order valence-corrected chi connectivity index (χ3v) is 12.2. The van der Waals surface area contributed by atoms with Crippen LogP contribution in [0.4, 0.5) is 18.4 Å². The van der Waals surface area contributed by atoms with Crippen molar-refractivity contribution in [2.75, 3.05) is 41.5 Å². The van der Waals surface area contributed by atoms with E-state index in [9.17, 15) is 28.0 Å². The van der Waals surface area contributed by atoms with Crippen LogP contribution in [0.2, 0.25) is 0 Å². The molecule has 2 aromatic carbocycles. The number of nitrogens with one attached hydrogen (secondary N) is 4. The Kier molecular flexibility index (Phi) is 14.9. The lowest BCUT2D eigenvalue weighted by molar-refractivity contribution is -0.156. The van der Waals surface area contributed by atoms with Gasteiger partial charge >= 0.3 is 12.2 Å². The van der Waals surface area contributed by atoms with Crippen LogP contribution in [0.15, 0.2) is 60.9 Å². The minimum absolute atomic E-state index is 0.484. The molecule has 0 saturated heterocycles. The summed E-state index contributed by atoms with van der Waals surface area (Å²) >= 11 is 0. The number of hydrogen-bond donors (Lipinski definition) is 4. The zero-order valence-corrected chi connectivity index (χ0v) is 40.3. The van der Waals surface area contributed by atoms with Crippen LogP contribution < -0.4 is 10.6 Å². The third kappa shape index (κ3) is 10.8. The van der Waals surface area contributed by atoms with Crippen molar-refractivity contribution in [3.63, 3.8) is 0 Å². The van der Waals surface area contributed by atoms with Crippen LogP contribution in [0.25, 0.3) is 33.6 Å². The van der Waals surface area contributed by atoms with Gasteiger partial charge in [0, 0.05) is 39.0 Å². The molecular weight excluding hydrogens is 823 g/mol. The molecule has 0 unspecified atom stereocenters. The lowest BCUT2D eigenvalue weighted by atomic mass is 9.75. The number of hydrogen-bond acceptors (Lipinski definition) is 8. The Bertz CT molecular complexity index is 2110. The fourth-order valence-electron chi connectivity index (χ4n) is 6.64. The third-order valence-electron chi connectivity index (χ3n) is 12.2. The molecule has 0 aliphatic rings. The van der Waals surface area contributed by atoms with Crippen molar-refractivity contribution >= 4 is 24.0 Å². The van der Waals surface area contributed by atoms with Crippen LogP contribution >= 0.6 is 0 Å². The highest BCUT2D eigenvalue weighted by molar-refractivity contribution is 5.89. The summed E-state index contributed by atoms with van der Waals surface area (Å²) in [6.45, 7) is 18.9. The number of H-pyrrole nitrogens is 2. The van der Waals surface area contributed by atoms with E-state index in [2.05, 4.69) is 30.6 Å². The normalized spacial score (nSPS) is 15.2. The molecule has 0 spiro atoms. The van der Waals surface area contributed by atoms with Crippen molar-refractivity contribution in [3.8, 4) is 33.6 Å². The van der Waals surface area contributed by atoms with Gasteiger partial charge in [-0.15, -0.1) is 0 Å². The van der Waals surface area contributed by atoms with Crippen LogP contribution in [-0.2, 0) is 19.1 Å². The predicted octanol–water partition coefficient (Wildman–Crippen LogP) is 9.45. The van der Waals surface area contributed by atoms with Gasteiger partial charge in [0.25, 0.3) is 11.8 Å². The van der Waals surface area contributed by atoms with E-state index in [4.69, 9.17) is 9.47 Å². The summed E-state index contributed by atoms with van der Waals surface area (Å²) in [5, 5.41) is 6.01. The molecule has 0 saturated carbocycles. The summed E-state index contributed by atoms with van der Waals surface area (Å²) in [6.07, 6.45) is 1.86. The maximum absolute atomic E-state index is 14.3. The number of alkyl halides is 2. The zero-order chi connectivity index (χ0) is 48.4. The highest BCUT2D eigenvalue weighted by atomic mass is 19.1. The minimum Gasteiger partial charge on any atom is -0.432 e. The van der Waals surface area contributed by atoms with Crippen molar-refractivity contribution in [1.82, 2.24) is 40.4 Å². The van der Waals surface area contributed by atoms with Gasteiger partial charge in [-0.05, 0) is 46.9 Å². The Morgan fingerprint density at radius 2 is 0.828 bits per heavy atom. The number of ether oxygens (including phenoxy) is 2. The molecule has 0 fully saturated rings. The summed E-state index contributed by atoms with van der Waals surface area (Å²) in [5.74, 6) is -0.321. The van der Waals surface area contributed by atoms with Crippen molar-refractivity contribution < 1.29 is 37.4 Å². The van der Waals surface area contributed by atoms with Crippen molar-refractivity contribution in [2.45, 2.75) is 106 Å². The van der Waals surface area contributed by atoms with E-state index < -0.39 is 82.3 Å².